The van der Waals surface area contributed by atoms with Gasteiger partial charge in [-0.3, -0.25) is 4.79 Å². The number of nitrogens with zero attached hydrogens (tertiary/aromatic N) is 1. The van der Waals surface area contributed by atoms with E-state index in [-0.39, 0.29) is 0 Å². The highest BCUT2D eigenvalue weighted by Crippen LogP contribution is 2.25. The third-order valence-electron chi connectivity index (χ3n) is 4.91. The minimum atomic E-state index is -0.732. The fraction of sp³-hybridized carbons (Fsp3) is 0.941. The highest BCUT2D eigenvalue weighted by atomic mass is 16.4. The minimum absolute atomic E-state index is 0.647. The lowest BCUT2D eigenvalue weighted by Gasteiger charge is -2.30. The Kier molecular flexibility index (Phi) is 8.27. The molecule has 1 fully saturated rings. The highest BCUT2D eigenvalue weighted by Gasteiger charge is 2.35. The van der Waals surface area contributed by atoms with E-state index in [9.17, 15) is 9.90 Å². The summed E-state index contributed by atoms with van der Waals surface area (Å²) in [5.41, 5.74) is -0.732. The van der Waals surface area contributed by atoms with E-state index in [2.05, 4.69) is 24.2 Å². The number of carbonyl (C=O) groups is 1. The molecule has 2 N–H and O–H groups in total. The summed E-state index contributed by atoms with van der Waals surface area (Å²) in [5, 5.41) is 12.8. The molecule has 124 valence electrons. The van der Waals surface area contributed by atoms with Crippen LogP contribution in [-0.4, -0.2) is 48.2 Å². The molecule has 1 aliphatic rings. The van der Waals surface area contributed by atoms with Crippen molar-refractivity contribution in [2.45, 2.75) is 70.8 Å². The van der Waals surface area contributed by atoms with Gasteiger partial charge in [0, 0.05) is 6.54 Å². The first kappa shape index (κ1) is 18.4. The first-order valence-electron chi connectivity index (χ1n) is 8.71. The van der Waals surface area contributed by atoms with E-state index in [0.29, 0.717) is 12.8 Å². The van der Waals surface area contributed by atoms with Crippen molar-refractivity contribution >= 4 is 5.97 Å². The van der Waals surface area contributed by atoms with Gasteiger partial charge in [0.1, 0.15) is 5.54 Å². The van der Waals surface area contributed by atoms with Crippen molar-refractivity contribution in [3.63, 3.8) is 0 Å². The van der Waals surface area contributed by atoms with E-state index < -0.39 is 11.5 Å². The predicted molar refractivity (Wildman–Crippen MR) is 87.6 cm³/mol. The summed E-state index contributed by atoms with van der Waals surface area (Å²) in [6.45, 7) is 7.00. The molecule has 4 heteroatoms. The van der Waals surface area contributed by atoms with Crippen LogP contribution < -0.4 is 5.32 Å². The molecule has 1 unspecified atom stereocenters. The number of rotatable bonds is 11. The molecular formula is C17H34N2O2. The molecule has 1 rings (SSSR count). The van der Waals surface area contributed by atoms with Crippen LogP contribution in [0, 0.1) is 5.92 Å². The van der Waals surface area contributed by atoms with Crippen LogP contribution in [0.15, 0.2) is 0 Å². The predicted octanol–water partition coefficient (Wildman–Crippen LogP) is 3.12. The Hall–Kier alpha value is -0.610. The van der Waals surface area contributed by atoms with Gasteiger partial charge in [-0.15, -0.1) is 0 Å². The molecule has 0 aromatic carbocycles. The number of hydrogen-bond donors (Lipinski definition) is 2. The highest BCUT2D eigenvalue weighted by molar-refractivity contribution is 5.78. The second-order valence-electron chi connectivity index (χ2n) is 6.68. The molecule has 21 heavy (non-hydrogen) atoms. The quantitative estimate of drug-likeness (QED) is 0.615. The van der Waals surface area contributed by atoms with Crippen molar-refractivity contribution < 1.29 is 9.90 Å². The number of nitrogens with one attached hydrogen (secondary N) is 1. The van der Waals surface area contributed by atoms with E-state index in [1.807, 2.05) is 6.92 Å². The maximum atomic E-state index is 11.6. The van der Waals surface area contributed by atoms with E-state index in [4.69, 9.17) is 0 Å². The van der Waals surface area contributed by atoms with E-state index in [0.717, 1.165) is 31.8 Å². The van der Waals surface area contributed by atoms with E-state index in [1.165, 1.54) is 32.2 Å². The SMILES string of the molecule is CCCNC(CC)(CCCN(C)CC1CCCC1)C(=O)O. The fourth-order valence-electron chi connectivity index (χ4n) is 3.46. The lowest BCUT2D eigenvalue weighted by Crippen LogP contribution is -2.52. The number of aliphatic carboxylic acids is 1. The molecule has 4 nitrogen and oxygen atoms in total. The third kappa shape index (κ3) is 5.95. The second kappa shape index (κ2) is 9.42. The van der Waals surface area contributed by atoms with Crippen LogP contribution in [0.2, 0.25) is 0 Å². The molecule has 0 aliphatic heterocycles. The zero-order chi connectivity index (χ0) is 15.7. The first-order chi connectivity index (χ1) is 10.0. The van der Waals surface area contributed by atoms with Crippen LogP contribution in [0.3, 0.4) is 0 Å². The molecule has 0 amide bonds. The first-order valence-corrected chi connectivity index (χ1v) is 8.71. The maximum absolute atomic E-state index is 11.6. The normalized spacial score (nSPS) is 19.0. The van der Waals surface area contributed by atoms with Crippen molar-refractivity contribution in [2.24, 2.45) is 5.92 Å². The van der Waals surface area contributed by atoms with Gasteiger partial charge < -0.3 is 15.3 Å². The topological polar surface area (TPSA) is 52.6 Å². The van der Waals surface area contributed by atoms with Crippen LogP contribution in [0.25, 0.3) is 0 Å². The zero-order valence-electron chi connectivity index (χ0n) is 14.2. The number of carboxylic acids is 1. The minimum Gasteiger partial charge on any atom is -0.480 e. The number of carboxylic acid groups (broad SMARTS) is 1. The standard InChI is InChI=1S/C17H34N2O2/c1-4-12-18-17(5-2,16(20)21)11-8-13-19(3)14-15-9-6-7-10-15/h15,18H,4-14H2,1-3H3,(H,20,21). The van der Waals surface area contributed by atoms with Gasteiger partial charge in [-0.05, 0) is 64.6 Å². The Labute approximate surface area is 130 Å². The average Bonchev–Trinajstić information content (AvgIpc) is 2.95. The van der Waals surface area contributed by atoms with Crippen LogP contribution in [-0.2, 0) is 4.79 Å². The Morgan fingerprint density at radius 2 is 2.00 bits per heavy atom. The summed E-state index contributed by atoms with van der Waals surface area (Å²) in [6.07, 6.45) is 8.79. The fourth-order valence-corrected chi connectivity index (χ4v) is 3.46. The van der Waals surface area contributed by atoms with Crippen molar-refractivity contribution in [3.8, 4) is 0 Å². The second-order valence-corrected chi connectivity index (χ2v) is 6.68. The van der Waals surface area contributed by atoms with Gasteiger partial charge >= 0.3 is 5.97 Å². The zero-order valence-corrected chi connectivity index (χ0v) is 14.2. The summed E-state index contributed by atoms with van der Waals surface area (Å²) in [6, 6.07) is 0. The molecule has 1 aliphatic carbocycles. The smallest absolute Gasteiger partial charge is 0.323 e. The van der Waals surface area contributed by atoms with Gasteiger partial charge in [0.05, 0.1) is 0 Å². The van der Waals surface area contributed by atoms with Crippen molar-refractivity contribution in [1.29, 1.82) is 0 Å². The molecule has 0 aromatic heterocycles. The van der Waals surface area contributed by atoms with Gasteiger partial charge in [-0.2, -0.15) is 0 Å². The molecular weight excluding hydrogens is 264 g/mol. The summed E-state index contributed by atoms with van der Waals surface area (Å²) < 4.78 is 0. The van der Waals surface area contributed by atoms with Crippen LogP contribution in [0.5, 0.6) is 0 Å². The summed E-state index contributed by atoms with van der Waals surface area (Å²) in [4.78, 5) is 14.0. The third-order valence-corrected chi connectivity index (χ3v) is 4.91. The summed E-state index contributed by atoms with van der Waals surface area (Å²) in [5.74, 6) is 0.167. The number of hydrogen-bond acceptors (Lipinski definition) is 3. The molecule has 0 saturated heterocycles. The summed E-state index contributed by atoms with van der Waals surface area (Å²) >= 11 is 0. The van der Waals surface area contributed by atoms with E-state index in [1.54, 1.807) is 0 Å². The van der Waals surface area contributed by atoms with Gasteiger partial charge in [-0.25, -0.2) is 0 Å². The van der Waals surface area contributed by atoms with Gasteiger partial charge in [-0.1, -0.05) is 26.7 Å². The monoisotopic (exact) mass is 298 g/mol. The van der Waals surface area contributed by atoms with Crippen molar-refractivity contribution in [1.82, 2.24) is 10.2 Å². The van der Waals surface area contributed by atoms with Gasteiger partial charge in [0.25, 0.3) is 0 Å². The molecule has 0 bridgehead atoms. The molecule has 0 heterocycles. The maximum Gasteiger partial charge on any atom is 0.323 e. The Bertz CT molecular complexity index is 303. The van der Waals surface area contributed by atoms with Crippen molar-refractivity contribution in [3.05, 3.63) is 0 Å². The summed E-state index contributed by atoms with van der Waals surface area (Å²) in [7, 11) is 2.17. The van der Waals surface area contributed by atoms with Gasteiger partial charge in [0.15, 0.2) is 0 Å². The lowest BCUT2D eigenvalue weighted by molar-refractivity contribution is -0.145. The average molecular weight is 298 g/mol. The van der Waals surface area contributed by atoms with E-state index >= 15 is 0 Å². The molecule has 0 aromatic rings. The van der Waals surface area contributed by atoms with Gasteiger partial charge in [0.2, 0.25) is 0 Å². The van der Waals surface area contributed by atoms with Crippen LogP contribution in [0.1, 0.15) is 65.2 Å². The van der Waals surface area contributed by atoms with Crippen LogP contribution in [0.4, 0.5) is 0 Å². The molecule has 1 atom stereocenters. The van der Waals surface area contributed by atoms with Crippen LogP contribution >= 0.6 is 0 Å². The molecule has 0 spiro atoms. The molecule has 1 saturated carbocycles. The Morgan fingerprint density at radius 1 is 1.33 bits per heavy atom. The molecule has 0 radical (unpaired) electrons. The van der Waals surface area contributed by atoms with Crippen molar-refractivity contribution in [2.75, 3.05) is 26.7 Å². The lowest BCUT2D eigenvalue weighted by atomic mass is 9.90. The Balaban J connectivity index is 2.35. The largest absolute Gasteiger partial charge is 0.480 e. The Morgan fingerprint density at radius 3 is 2.52 bits per heavy atom.